The first-order valence-corrected chi connectivity index (χ1v) is 6.64. The highest BCUT2D eigenvalue weighted by atomic mass is 35.5. The van der Waals surface area contributed by atoms with Gasteiger partial charge in [-0.15, -0.1) is 11.3 Å². The summed E-state index contributed by atoms with van der Waals surface area (Å²) in [6.45, 7) is 0.752. The number of aromatic nitrogens is 1. The summed E-state index contributed by atoms with van der Waals surface area (Å²) in [5, 5.41) is 9.20. The summed E-state index contributed by atoms with van der Waals surface area (Å²) < 4.78 is 0. The number of carbonyl (C=O) groups excluding carboxylic acids is 1. The number of rotatable bonds is 6. The molecule has 1 heterocycles. The Bertz CT molecular complexity index is 365. The molecule has 4 nitrogen and oxygen atoms in total. The minimum absolute atomic E-state index is 0.154. The lowest BCUT2D eigenvalue weighted by Crippen LogP contribution is -2.25. The molecule has 0 radical (unpaired) electrons. The fraction of sp³-hybridized carbons (Fsp3) is 0.600. The second-order valence-corrected chi connectivity index (χ2v) is 5.09. The van der Waals surface area contributed by atoms with Crippen molar-refractivity contribution < 1.29 is 4.79 Å². The Kier molecular flexibility index (Phi) is 4.01. The second kappa shape index (κ2) is 5.50. The lowest BCUT2D eigenvalue weighted by Gasteiger charge is -2.03. The zero-order valence-electron chi connectivity index (χ0n) is 8.83. The van der Waals surface area contributed by atoms with E-state index in [9.17, 15) is 4.79 Å². The third-order valence-corrected chi connectivity index (χ3v) is 3.40. The van der Waals surface area contributed by atoms with Crippen molar-refractivity contribution in [1.82, 2.24) is 10.3 Å². The smallest absolute Gasteiger partial charge is 0.220 e. The normalized spacial score (nSPS) is 14.8. The van der Waals surface area contributed by atoms with Crippen LogP contribution in [0.2, 0.25) is 5.15 Å². The number of hydrogen-bond donors (Lipinski definition) is 2. The highest BCUT2D eigenvalue weighted by molar-refractivity contribution is 7.14. The van der Waals surface area contributed by atoms with E-state index in [0.29, 0.717) is 17.6 Å². The van der Waals surface area contributed by atoms with Crippen molar-refractivity contribution >= 4 is 34.0 Å². The van der Waals surface area contributed by atoms with Crippen LogP contribution >= 0.6 is 22.9 Å². The lowest BCUT2D eigenvalue weighted by molar-refractivity contribution is -0.121. The molecule has 16 heavy (non-hydrogen) atoms. The van der Waals surface area contributed by atoms with Crippen LogP contribution in [0.4, 0.5) is 5.13 Å². The molecule has 0 aliphatic heterocycles. The Balaban J connectivity index is 1.55. The van der Waals surface area contributed by atoms with Gasteiger partial charge in [0.25, 0.3) is 0 Å². The molecule has 1 aliphatic rings. The molecule has 1 amide bonds. The van der Waals surface area contributed by atoms with Crippen LogP contribution in [0, 0.1) is 0 Å². The van der Waals surface area contributed by atoms with Crippen LogP contribution in [0.3, 0.4) is 0 Å². The van der Waals surface area contributed by atoms with E-state index >= 15 is 0 Å². The second-order valence-electron chi connectivity index (χ2n) is 3.85. The quantitative estimate of drug-likeness (QED) is 0.771. The van der Waals surface area contributed by atoms with Gasteiger partial charge in [-0.1, -0.05) is 11.6 Å². The maximum Gasteiger partial charge on any atom is 0.220 e. The first-order valence-electron chi connectivity index (χ1n) is 5.38. The average Bonchev–Trinajstić information content (AvgIpc) is 2.95. The number of nitrogens with one attached hydrogen (secondary N) is 2. The predicted molar refractivity (Wildman–Crippen MR) is 66.0 cm³/mol. The minimum Gasteiger partial charge on any atom is -0.361 e. The van der Waals surface area contributed by atoms with Gasteiger partial charge in [-0.2, -0.15) is 0 Å². The van der Waals surface area contributed by atoms with Crippen molar-refractivity contribution in [3.05, 3.63) is 10.5 Å². The average molecular weight is 260 g/mol. The van der Waals surface area contributed by atoms with Gasteiger partial charge in [-0.3, -0.25) is 4.79 Å². The van der Waals surface area contributed by atoms with Gasteiger partial charge in [-0.05, 0) is 19.3 Å². The van der Waals surface area contributed by atoms with E-state index in [1.165, 1.54) is 11.3 Å². The molecule has 2 N–H and O–H groups in total. The first kappa shape index (κ1) is 11.7. The van der Waals surface area contributed by atoms with Crippen molar-refractivity contribution in [1.29, 1.82) is 0 Å². The van der Waals surface area contributed by atoms with E-state index in [1.54, 1.807) is 5.38 Å². The van der Waals surface area contributed by atoms with E-state index in [4.69, 9.17) is 11.6 Å². The molecule has 0 unspecified atom stereocenters. The minimum atomic E-state index is 0.154. The molecule has 1 aliphatic carbocycles. The van der Waals surface area contributed by atoms with E-state index in [-0.39, 0.29) is 5.91 Å². The zero-order valence-corrected chi connectivity index (χ0v) is 10.4. The zero-order chi connectivity index (χ0) is 11.4. The number of thiazole rings is 1. The number of carbonyl (C=O) groups is 1. The van der Waals surface area contributed by atoms with Crippen molar-refractivity contribution in [2.75, 3.05) is 11.9 Å². The SMILES string of the molecule is O=C(CCCNc1nc(Cl)cs1)NC1CC1. The summed E-state index contributed by atoms with van der Waals surface area (Å²) in [6.07, 6.45) is 3.67. The van der Waals surface area contributed by atoms with E-state index in [2.05, 4.69) is 15.6 Å². The topological polar surface area (TPSA) is 54.0 Å². The monoisotopic (exact) mass is 259 g/mol. The van der Waals surface area contributed by atoms with Crippen LogP contribution in [0.25, 0.3) is 0 Å². The molecule has 0 atom stereocenters. The maximum atomic E-state index is 11.3. The molecule has 1 aromatic heterocycles. The van der Waals surface area contributed by atoms with Crippen LogP contribution in [0.1, 0.15) is 25.7 Å². The fourth-order valence-electron chi connectivity index (χ4n) is 1.31. The molecular formula is C10H14ClN3OS. The standard InChI is InChI=1S/C10H14ClN3OS/c11-8-6-16-10(14-8)12-5-1-2-9(15)13-7-3-4-7/h6-7H,1-5H2,(H,12,14)(H,13,15). The number of hydrogen-bond acceptors (Lipinski definition) is 4. The van der Waals surface area contributed by atoms with Gasteiger partial charge in [0, 0.05) is 24.4 Å². The fourth-order valence-corrected chi connectivity index (χ4v) is 2.17. The molecule has 0 aromatic carbocycles. The molecule has 1 fully saturated rings. The van der Waals surface area contributed by atoms with Gasteiger partial charge in [0.1, 0.15) is 5.15 Å². The van der Waals surface area contributed by atoms with Crippen molar-refractivity contribution in [3.63, 3.8) is 0 Å². The van der Waals surface area contributed by atoms with Crippen LogP contribution in [-0.4, -0.2) is 23.5 Å². The summed E-state index contributed by atoms with van der Waals surface area (Å²) in [4.78, 5) is 15.4. The van der Waals surface area contributed by atoms with E-state index in [0.717, 1.165) is 30.9 Å². The molecule has 1 saturated carbocycles. The van der Waals surface area contributed by atoms with Crippen molar-refractivity contribution in [2.24, 2.45) is 0 Å². The Morgan fingerprint density at radius 2 is 2.44 bits per heavy atom. The Labute approximate surface area is 103 Å². The lowest BCUT2D eigenvalue weighted by atomic mass is 10.3. The van der Waals surface area contributed by atoms with Gasteiger partial charge >= 0.3 is 0 Å². The van der Waals surface area contributed by atoms with Gasteiger partial charge in [0.2, 0.25) is 5.91 Å². The maximum absolute atomic E-state index is 11.3. The summed E-state index contributed by atoms with van der Waals surface area (Å²) in [5.74, 6) is 0.154. The Morgan fingerprint density at radius 3 is 3.06 bits per heavy atom. The number of anilines is 1. The van der Waals surface area contributed by atoms with Crippen LogP contribution < -0.4 is 10.6 Å². The molecular weight excluding hydrogens is 246 g/mol. The summed E-state index contributed by atoms with van der Waals surface area (Å²) >= 11 is 7.16. The van der Waals surface area contributed by atoms with Crippen LogP contribution in [0.5, 0.6) is 0 Å². The molecule has 0 saturated heterocycles. The molecule has 0 bridgehead atoms. The molecule has 6 heteroatoms. The van der Waals surface area contributed by atoms with Crippen LogP contribution in [0.15, 0.2) is 5.38 Å². The third-order valence-electron chi connectivity index (χ3n) is 2.28. The van der Waals surface area contributed by atoms with Crippen LogP contribution in [-0.2, 0) is 4.79 Å². The Morgan fingerprint density at radius 1 is 1.62 bits per heavy atom. The third kappa shape index (κ3) is 3.98. The number of nitrogens with zero attached hydrogens (tertiary/aromatic N) is 1. The summed E-state index contributed by atoms with van der Waals surface area (Å²) in [5.41, 5.74) is 0. The Hall–Kier alpha value is -0.810. The van der Waals surface area contributed by atoms with Gasteiger partial charge in [0.05, 0.1) is 0 Å². The highest BCUT2D eigenvalue weighted by Gasteiger charge is 2.22. The van der Waals surface area contributed by atoms with Crippen molar-refractivity contribution in [2.45, 2.75) is 31.7 Å². The molecule has 2 rings (SSSR count). The summed E-state index contributed by atoms with van der Waals surface area (Å²) in [6, 6.07) is 0.457. The largest absolute Gasteiger partial charge is 0.361 e. The highest BCUT2D eigenvalue weighted by Crippen LogP contribution is 2.19. The molecule has 0 spiro atoms. The van der Waals surface area contributed by atoms with Gasteiger partial charge in [0.15, 0.2) is 5.13 Å². The van der Waals surface area contributed by atoms with Gasteiger partial charge in [-0.25, -0.2) is 4.98 Å². The number of amides is 1. The van der Waals surface area contributed by atoms with E-state index in [1.807, 2.05) is 0 Å². The van der Waals surface area contributed by atoms with E-state index < -0.39 is 0 Å². The van der Waals surface area contributed by atoms with Crippen molar-refractivity contribution in [3.8, 4) is 0 Å². The summed E-state index contributed by atoms with van der Waals surface area (Å²) in [7, 11) is 0. The molecule has 88 valence electrons. The predicted octanol–water partition coefficient (Wildman–Crippen LogP) is 2.27. The van der Waals surface area contributed by atoms with Gasteiger partial charge < -0.3 is 10.6 Å². The number of halogens is 1. The first-order chi connectivity index (χ1) is 7.74. The molecule has 1 aromatic rings.